The normalized spacial score (nSPS) is 9.83. The molecule has 0 unspecified atom stereocenters. The van der Waals surface area contributed by atoms with Gasteiger partial charge in [0.1, 0.15) is 0 Å². The van der Waals surface area contributed by atoms with Crippen molar-refractivity contribution in [3.8, 4) is 0 Å². The molecule has 6 heteroatoms. The first-order valence-corrected chi connectivity index (χ1v) is 5.56. The summed E-state index contributed by atoms with van der Waals surface area (Å²) in [6.45, 7) is 1.92. The Morgan fingerprint density at radius 2 is 2.06 bits per heavy atom. The molecule has 0 saturated heterocycles. The second-order valence-corrected chi connectivity index (χ2v) is 3.55. The minimum atomic E-state index is -0.987. The lowest BCUT2D eigenvalue weighted by Crippen LogP contribution is -2.34. The highest BCUT2D eigenvalue weighted by molar-refractivity contribution is 5.92. The number of anilines is 2. The van der Waals surface area contributed by atoms with Crippen molar-refractivity contribution in [3.05, 3.63) is 24.3 Å². The number of carbonyl (C=O) groups is 2. The predicted octanol–water partition coefficient (Wildman–Crippen LogP) is 1.71. The second-order valence-electron chi connectivity index (χ2n) is 3.55. The van der Waals surface area contributed by atoms with Gasteiger partial charge in [-0.3, -0.25) is 9.69 Å². The zero-order chi connectivity index (χ0) is 13.5. The number of nitrogen functional groups attached to an aromatic ring is 1. The summed E-state index contributed by atoms with van der Waals surface area (Å²) >= 11 is 0. The summed E-state index contributed by atoms with van der Waals surface area (Å²) in [5.74, 6) is -0.987. The summed E-state index contributed by atoms with van der Waals surface area (Å²) < 4.78 is 4.88. The molecular weight excluding hydrogens is 236 g/mol. The molecule has 0 radical (unpaired) electrons. The monoisotopic (exact) mass is 252 g/mol. The molecule has 0 fully saturated rings. The van der Waals surface area contributed by atoms with E-state index in [1.54, 1.807) is 31.2 Å². The van der Waals surface area contributed by atoms with Crippen LogP contribution in [0, 0.1) is 0 Å². The van der Waals surface area contributed by atoms with Crippen molar-refractivity contribution in [1.82, 2.24) is 0 Å². The lowest BCUT2D eigenvalue weighted by atomic mass is 10.2. The van der Waals surface area contributed by atoms with E-state index in [1.165, 1.54) is 4.90 Å². The second kappa shape index (κ2) is 6.48. The fourth-order valence-corrected chi connectivity index (χ4v) is 1.45. The van der Waals surface area contributed by atoms with Crippen LogP contribution >= 0.6 is 0 Å². The number of carboxylic acid groups (broad SMARTS) is 1. The number of rotatable bonds is 5. The molecule has 6 nitrogen and oxygen atoms in total. The van der Waals surface area contributed by atoms with E-state index in [-0.39, 0.29) is 19.6 Å². The molecule has 0 saturated carbocycles. The number of ether oxygens (including phenoxy) is 1. The van der Waals surface area contributed by atoms with Gasteiger partial charge in [-0.25, -0.2) is 4.79 Å². The summed E-state index contributed by atoms with van der Waals surface area (Å²) in [5.41, 5.74) is 6.62. The van der Waals surface area contributed by atoms with Crippen molar-refractivity contribution < 1.29 is 19.4 Å². The number of carboxylic acids is 1. The number of nitrogens with two attached hydrogens (primary N) is 1. The molecule has 18 heavy (non-hydrogen) atoms. The molecule has 0 aromatic heterocycles. The zero-order valence-corrected chi connectivity index (χ0v) is 10.1. The maximum atomic E-state index is 11.8. The summed E-state index contributed by atoms with van der Waals surface area (Å²) in [7, 11) is 0. The molecule has 0 heterocycles. The first-order valence-electron chi connectivity index (χ1n) is 5.56. The molecular formula is C12H16N2O4. The van der Waals surface area contributed by atoms with E-state index in [9.17, 15) is 9.59 Å². The van der Waals surface area contributed by atoms with E-state index in [4.69, 9.17) is 15.6 Å². The maximum absolute atomic E-state index is 11.8. The van der Waals surface area contributed by atoms with Crippen LogP contribution in [0.5, 0.6) is 0 Å². The minimum absolute atomic E-state index is 0.0162. The highest BCUT2D eigenvalue weighted by Crippen LogP contribution is 2.23. The Morgan fingerprint density at radius 3 is 2.61 bits per heavy atom. The minimum Gasteiger partial charge on any atom is -0.481 e. The molecule has 0 atom stereocenters. The van der Waals surface area contributed by atoms with Gasteiger partial charge < -0.3 is 15.6 Å². The Kier molecular flexibility index (Phi) is 4.98. The van der Waals surface area contributed by atoms with Crippen LogP contribution in [-0.4, -0.2) is 30.3 Å². The van der Waals surface area contributed by atoms with E-state index in [2.05, 4.69) is 0 Å². The van der Waals surface area contributed by atoms with Crippen molar-refractivity contribution in [2.45, 2.75) is 13.3 Å². The van der Waals surface area contributed by atoms with Crippen LogP contribution in [0.15, 0.2) is 24.3 Å². The molecule has 3 N–H and O–H groups in total. The van der Waals surface area contributed by atoms with Crippen LogP contribution in [0.25, 0.3) is 0 Å². The Hall–Kier alpha value is -2.24. The quantitative estimate of drug-likeness (QED) is 0.778. The SMILES string of the molecule is CCOC(=O)N(CCC(=O)O)c1ccccc1N. The third-order valence-electron chi connectivity index (χ3n) is 2.27. The number of aliphatic carboxylic acids is 1. The molecule has 1 aromatic carbocycles. The number of para-hydroxylation sites is 2. The third-order valence-corrected chi connectivity index (χ3v) is 2.27. The lowest BCUT2D eigenvalue weighted by Gasteiger charge is -2.22. The Balaban J connectivity index is 2.93. The van der Waals surface area contributed by atoms with Crippen molar-refractivity contribution in [2.24, 2.45) is 0 Å². The van der Waals surface area contributed by atoms with Gasteiger partial charge in [-0.1, -0.05) is 12.1 Å². The van der Waals surface area contributed by atoms with Gasteiger partial charge in [-0.2, -0.15) is 0 Å². The fraction of sp³-hybridized carbons (Fsp3) is 0.333. The number of hydrogen-bond donors (Lipinski definition) is 2. The lowest BCUT2D eigenvalue weighted by molar-refractivity contribution is -0.136. The van der Waals surface area contributed by atoms with E-state index in [1.807, 2.05) is 0 Å². The van der Waals surface area contributed by atoms with Crippen LogP contribution in [0.4, 0.5) is 16.2 Å². The topological polar surface area (TPSA) is 92.9 Å². The number of amides is 1. The van der Waals surface area contributed by atoms with Crippen LogP contribution in [0.2, 0.25) is 0 Å². The number of hydrogen-bond acceptors (Lipinski definition) is 4. The zero-order valence-electron chi connectivity index (χ0n) is 10.1. The molecule has 0 aliphatic heterocycles. The van der Waals surface area contributed by atoms with E-state index < -0.39 is 12.1 Å². The maximum Gasteiger partial charge on any atom is 0.414 e. The fourth-order valence-electron chi connectivity index (χ4n) is 1.45. The summed E-state index contributed by atoms with van der Waals surface area (Å²) in [4.78, 5) is 23.6. The van der Waals surface area contributed by atoms with Gasteiger partial charge in [0.15, 0.2) is 0 Å². The molecule has 1 rings (SSSR count). The van der Waals surface area contributed by atoms with Gasteiger partial charge in [-0.15, -0.1) is 0 Å². The van der Waals surface area contributed by atoms with Gasteiger partial charge in [0.25, 0.3) is 0 Å². The van der Waals surface area contributed by atoms with Gasteiger partial charge >= 0.3 is 12.1 Å². The summed E-state index contributed by atoms with van der Waals surface area (Å²) in [6, 6.07) is 6.74. The predicted molar refractivity (Wildman–Crippen MR) is 67.5 cm³/mol. The van der Waals surface area contributed by atoms with E-state index in [0.29, 0.717) is 11.4 Å². The van der Waals surface area contributed by atoms with Crippen molar-refractivity contribution >= 4 is 23.4 Å². The molecule has 0 bridgehead atoms. The largest absolute Gasteiger partial charge is 0.481 e. The average Bonchev–Trinajstić information content (AvgIpc) is 2.31. The molecule has 0 aliphatic carbocycles. The molecule has 1 amide bonds. The first-order chi connectivity index (χ1) is 8.56. The smallest absolute Gasteiger partial charge is 0.414 e. The summed E-state index contributed by atoms with van der Waals surface area (Å²) in [5, 5.41) is 8.68. The van der Waals surface area contributed by atoms with Crippen molar-refractivity contribution in [3.63, 3.8) is 0 Å². The Labute approximate surface area is 105 Å². The van der Waals surface area contributed by atoms with E-state index >= 15 is 0 Å². The highest BCUT2D eigenvalue weighted by Gasteiger charge is 2.19. The van der Waals surface area contributed by atoms with Gasteiger partial charge in [0.2, 0.25) is 0 Å². The molecule has 1 aromatic rings. The van der Waals surface area contributed by atoms with Crippen LogP contribution in [-0.2, 0) is 9.53 Å². The van der Waals surface area contributed by atoms with Gasteiger partial charge in [0.05, 0.1) is 24.4 Å². The number of benzene rings is 1. The first kappa shape index (κ1) is 13.8. The highest BCUT2D eigenvalue weighted by atomic mass is 16.6. The molecule has 0 aliphatic rings. The molecule has 98 valence electrons. The van der Waals surface area contributed by atoms with Crippen LogP contribution in [0.3, 0.4) is 0 Å². The Morgan fingerprint density at radius 1 is 1.39 bits per heavy atom. The Bertz CT molecular complexity index is 434. The van der Waals surface area contributed by atoms with Crippen molar-refractivity contribution in [1.29, 1.82) is 0 Å². The van der Waals surface area contributed by atoms with Crippen LogP contribution in [0.1, 0.15) is 13.3 Å². The summed E-state index contributed by atoms with van der Waals surface area (Å²) in [6.07, 6.45) is -0.774. The standard InChI is InChI=1S/C12H16N2O4/c1-2-18-12(17)14(8-7-11(15)16)10-6-4-3-5-9(10)13/h3-6H,2,7-8,13H2,1H3,(H,15,16). The molecule has 0 spiro atoms. The van der Waals surface area contributed by atoms with Gasteiger partial charge in [0, 0.05) is 6.54 Å². The van der Waals surface area contributed by atoms with Crippen LogP contribution < -0.4 is 10.6 Å². The van der Waals surface area contributed by atoms with Gasteiger partial charge in [-0.05, 0) is 19.1 Å². The van der Waals surface area contributed by atoms with Crippen molar-refractivity contribution in [2.75, 3.05) is 23.8 Å². The third kappa shape index (κ3) is 3.65. The number of carbonyl (C=O) groups excluding carboxylic acids is 1. The average molecular weight is 252 g/mol. The van der Waals surface area contributed by atoms with E-state index in [0.717, 1.165) is 0 Å². The number of nitrogens with zero attached hydrogens (tertiary/aromatic N) is 1.